The van der Waals surface area contributed by atoms with Gasteiger partial charge in [0.25, 0.3) is 0 Å². The lowest BCUT2D eigenvalue weighted by molar-refractivity contribution is -0.385. The second kappa shape index (κ2) is 5.83. The van der Waals surface area contributed by atoms with Crippen molar-refractivity contribution in [1.29, 1.82) is 0 Å². The summed E-state index contributed by atoms with van der Waals surface area (Å²) in [7, 11) is 1.32. The van der Waals surface area contributed by atoms with Crippen LogP contribution >= 0.6 is 0 Å². The summed E-state index contributed by atoms with van der Waals surface area (Å²) in [5, 5.41) is 10.9. The van der Waals surface area contributed by atoms with Crippen LogP contribution in [-0.4, -0.2) is 18.0 Å². The lowest BCUT2D eigenvalue weighted by atomic mass is 10.2. The molecular weight excluding hydrogens is 262 g/mol. The molecule has 0 radical (unpaired) electrons. The van der Waals surface area contributed by atoms with Crippen molar-refractivity contribution in [1.82, 2.24) is 0 Å². The second-order valence-electron chi connectivity index (χ2n) is 3.85. The van der Waals surface area contributed by atoms with Crippen LogP contribution in [0.1, 0.15) is 10.4 Å². The van der Waals surface area contributed by atoms with E-state index in [1.807, 2.05) is 0 Å². The molecule has 102 valence electrons. The third-order valence-electron chi connectivity index (χ3n) is 2.57. The number of hydrogen-bond donors (Lipinski definition) is 0. The molecule has 0 fully saturated rings. The van der Waals surface area contributed by atoms with Crippen molar-refractivity contribution in [3.63, 3.8) is 0 Å². The summed E-state index contributed by atoms with van der Waals surface area (Å²) in [6.45, 7) is 0. The molecule has 6 heteroatoms. The van der Waals surface area contributed by atoms with Gasteiger partial charge in [-0.3, -0.25) is 10.1 Å². The van der Waals surface area contributed by atoms with Gasteiger partial charge in [0.15, 0.2) is 5.75 Å². The lowest BCUT2D eigenvalue weighted by Gasteiger charge is -2.05. The monoisotopic (exact) mass is 273 g/mol. The van der Waals surface area contributed by atoms with Crippen molar-refractivity contribution in [3.05, 3.63) is 64.2 Å². The number of hydrogen-bond acceptors (Lipinski definition) is 5. The van der Waals surface area contributed by atoms with Crippen LogP contribution in [0.2, 0.25) is 0 Å². The Morgan fingerprint density at radius 3 is 2.45 bits per heavy atom. The van der Waals surface area contributed by atoms with Gasteiger partial charge < -0.3 is 9.47 Å². The van der Waals surface area contributed by atoms with Gasteiger partial charge in [-0.05, 0) is 24.3 Å². The van der Waals surface area contributed by atoms with E-state index >= 15 is 0 Å². The molecule has 0 spiro atoms. The van der Waals surface area contributed by atoms with E-state index in [2.05, 4.69) is 0 Å². The third-order valence-corrected chi connectivity index (χ3v) is 2.57. The van der Waals surface area contributed by atoms with E-state index in [1.54, 1.807) is 30.3 Å². The fourth-order valence-electron chi connectivity index (χ4n) is 1.61. The number of esters is 1. The molecule has 0 saturated carbocycles. The van der Waals surface area contributed by atoms with E-state index in [1.165, 1.54) is 19.2 Å². The van der Waals surface area contributed by atoms with Crippen LogP contribution < -0.4 is 9.47 Å². The Balaban J connectivity index is 2.27. The highest BCUT2D eigenvalue weighted by molar-refractivity contribution is 5.92. The summed E-state index contributed by atoms with van der Waals surface area (Å²) in [4.78, 5) is 22.2. The zero-order valence-electron chi connectivity index (χ0n) is 10.6. The van der Waals surface area contributed by atoms with Crippen LogP contribution in [0, 0.1) is 10.1 Å². The number of nitro groups is 1. The normalized spacial score (nSPS) is 9.85. The quantitative estimate of drug-likeness (QED) is 0.370. The Morgan fingerprint density at radius 1 is 1.15 bits per heavy atom. The largest absolute Gasteiger partial charge is 0.490 e. The van der Waals surface area contributed by atoms with Crippen LogP contribution in [0.15, 0.2) is 48.5 Å². The number of para-hydroxylation sites is 1. The van der Waals surface area contributed by atoms with Gasteiger partial charge in [-0.25, -0.2) is 4.79 Å². The molecular formula is C14H11NO5. The number of benzene rings is 2. The highest BCUT2D eigenvalue weighted by atomic mass is 16.6. The molecule has 0 N–H and O–H groups in total. The SMILES string of the molecule is COc1ccc(C(=O)Oc2ccccc2)cc1[N+](=O)[O-]. The van der Waals surface area contributed by atoms with E-state index < -0.39 is 10.9 Å². The van der Waals surface area contributed by atoms with Crippen LogP contribution in [0.5, 0.6) is 11.5 Å². The fourth-order valence-corrected chi connectivity index (χ4v) is 1.61. The molecule has 0 saturated heterocycles. The molecule has 0 amide bonds. The molecule has 2 aromatic carbocycles. The molecule has 0 heterocycles. The lowest BCUT2D eigenvalue weighted by Crippen LogP contribution is -2.09. The van der Waals surface area contributed by atoms with E-state index in [9.17, 15) is 14.9 Å². The average molecular weight is 273 g/mol. The molecule has 0 bridgehead atoms. The zero-order valence-corrected chi connectivity index (χ0v) is 10.6. The maximum Gasteiger partial charge on any atom is 0.343 e. The molecule has 0 unspecified atom stereocenters. The number of carbonyl (C=O) groups is 1. The first kappa shape index (κ1) is 13.5. The smallest absolute Gasteiger partial charge is 0.343 e. The van der Waals surface area contributed by atoms with E-state index in [-0.39, 0.29) is 17.0 Å². The van der Waals surface area contributed by atoms with Crippen molar-refractivity contribution >= 4 is 11.7 Å². The first-order valence-corrected chi connectivity index (χ1v) is 5.71. The fraction of sp³-hybridized carbons (Fsp3) is 0.0714. The summed E-state index contributed by atoms with van der Waals surface area (Å²) in [6.07, 6.45) is 0. The van der Waals surface area contributed by atoms with Gasteiger partial charge in [0.2, 0.25) is 0 Å². The van der Waals surface area contributed by atoms with Crippen molar-refractivity contribution in [3.8, 4) is 11.5 Å². The average Bonchev–Trinajstić information content (AvgIpc) is 2.47. The minimum absolute atomic E-state index is 0.0846. The molecule has 0 aliphatic rings. The van der Waals surface area contributed by atoms with Crippen LogP contribution in [0.3, 0.4) is 0 Å². The summed E-state index contributed by atoms with van der Waals surface area (Å²) in [6, 6.07) is 12.4. The minimum atomic E-state index is -0.665. The summed E-state index contributed by atoms with van der Waals surface area (Å²) >= 11 is 0. The van der Waals surface area contributed by atoms with Gasteiger partial charge in [0, 0.05) is 6.07 Å². The molecule has 0 aliphatic carbocycles. The molecule has 2 aromatic rings. The Hall–Kier alpha value is -2.89. The number of methoxy groups -OCH3 is 1. The first-order chi connectivity index (χ1) is 9.61. The van der Waals surface area contributed by atoms with Gasteiger partial charge in [0.05, 0.1) is 17.6 Å². The Morgan fingerprint density at radius 2 is 1.85 bits per heavy atom. The Bertz CT molecular complexity index is 639. The number of ether oxygens (including phenoxy) is 2. The van der Waals surface area contributed by atoms with Gasteiger partial charge in [0.1, 0.15) is 5.75 Å². The highest BCUT2D eigenvalue weighted by Gasteiger charge is 2.19. The minimum Gasteiger partial charge on any atom is -0.490 e. The van der Waals surface area contributed by atoms with Crippen molar-refractivity contribution in [2.45, 2.75) is 0 Å². The van der Waals surface area contributed by atoms with Crippen molar-refractivity contribution < 1.29 is 19.2 Å². The Labute approximate surface area is 114 Å². The summed E-state index contributed by atoms with van der Waals surface area (Å²) in [5.74, 6) is -0.204. The van der Waals surface area contributed by atoms with Gasteiger partial charge in [-0.1, -0.05) is 18.2 Å². The van der Waals surface area contributed by atoms with Gasteiger partial charge in [-0.15, -0.1) is 0 Å². The molecule has 0 aromatic heterocycles. The Kier molecular flexibility index (Phi) is 3.95. The number of nitro benzene ring substituents is 1. The summed E-state index contributed by atoms with van der Waals surface area (Å²) in [5.41, 5.74) is -0.198. The molecule has 20 heavy (non-hydrogen) atoms. The highest BCUT2D eigenvalue weighted by Crippen LogP contribution is 2.28. The van der Waals surface area contributed by atoms with E-state index in [0.717, 1.165) is 6.07 Å². The van der Waals surface area contributed by atoms with Gasteiger partial charge >= 0.3 is 11.7 Å². The maximum atomic E-state index is 11.9. The van der Waals surface area contributed by atoms with E-state index in [4.69, 9.17) is 9.47 Å². The molecule has 2 rings (SSSR count). The van der Waals surface area contributed by atoms with Crippen molar-refractivity contribution in [2.24, 2.45) is 0 Å². The predicted octanol–water partition coefficient (Wildman–Crippen LogP) is 2.82. The third kappa shape index (κ3) is 2.92. The number of carbonyl (C=O) groups excluding carboxylic acids is 1. The molecule has 0 aliphatic heterocycles. The summed E-state index contributed by atoms with van der Waals surface area (Å²) < 4.78 is 9.97. The van der Waals surface area contributed by atoms with Crippen LogP contribution in [-0.2, 0) is 0 Å². The first-order valence-electron chi connectivity index (χ1n) is 5.71. The topological polar surface area (TPSA) is 78.7 Å². The number of rotatable bonds is 4. The number of nitrogens with zero attached hydrogens (tertiary/aromatic N) is 1. The predicted molar refractivity (Wildman–Crippen MR) is 71.0 cm³/mol. The van der Waals surface area contributed by atoms with Crippen molar-refractivity contribution in [2.75, 3.05) is 7.11 Å². The second-order valence-corrected chi connectivity index (χ2v) is 3.85. The van der Waals surface area contributed by atoms with Gasteiger partial charge in [-0.2, -0.15) is 0 Å². The van der Waals surface area contributed by atoms with Crippen LogP contribution in [0.4, 0.5) is 5.69 Å². The van der Waals surface area contributed by atoms with E-state index in [0.29, 0.717) is 5.75 Å². The molecule has 6 nitrogen and oxygen atoms in total. The van der Waals surface area contributed by atoms with Crippen LogP contribution in [0.25, 0.3) is 0 Å². The molecule has 0 atom stereocenters. The maximum absolute atomic E-state index is 11.9. The standard InChI is InChI=1S/C14H11NO5/c1-19-13-8-7-10(9-12(13)15(17)18)14(16)20-11-5-3-2-4-6-11/h2-9H,1H3. The zero-order chi connectivity index (χ0) is 14.5.